The van der Waals surface area contributed by atoms with Crippen molar-refractivity contribution in [3.05, 3.63) is 0 Å². The summed E-state index contributed by atoms with van der Waals surface area (Å²) in [5.41, 5.74) is -0.369. The largest absolute Gasteiger partial charge is 0.390 e. The summed E-state index contributed by atoms with van der Waals surface area (Å²) in [6.45, 7) is 9.08. The Kier molecular flexibility index (Phi) is 5.99. The lowest BCUT2D eigenvalue weighted by atomic mass is 9.68. The number of unbranched alkanes of at least 4 members (excludes halogenated alkanes) is 1. The summed E-state index contributed by atoms with van der Waals surface area (Å²) in [7, 11) is 0. The molecule has 4 unspecified atom stereocenters. The zero-order chi connectivity index (χ0) is 12.9. The number of hydrogen-bond donors (Lipinski definition) is 1. The maximum atomic E-state index is 10.9. The average molecular weight is 240 g/mol. The van der Waals surface area contributed by atoms with Crippen molar-refractivity contribution in [2.45, 2.75) is 84.7 Å². The van der Waals surface area contributed by atoms with Gasteiger partial charge in [-0.25, -0.2) is 0 Å². The molecule has 0 aromatic carbocycles. The molecule has 0 bridgehead atoms. The molecular formula is C16H32O. The zero-order valence-corrected chi connectivity index (χ0v) is 12.3. The van der Waals surface area contributed by atoms with E-state index >= 15 is 0 Å². The fraction of sp³-hybridized carbons (Fsp3) is 1.00. The highest BCUT2D eigenvalue weighted by Gasteiger charge is 2.39. The molecule has 0 heterocycles. The Hall–Kier alpha value is -0.0400. The van der Waals surface area contributed by atoms with Crippen molar-refractivity contribution in [2.24, 2.45) is 17.8 Å². The molecule has 0 radical (unpaired) electrons. The first-order chi connectivity index (χ1) is 8.01. The second-order valence-electron chi connectivity index (χ2n) is 6.51. The van der Waals surface area contributed by atoms with Gasteiger partial charge in [-0.05, 0) is 37.0 Å². The summed E-state index contributed by atoms with van der Waals surface area (Å²) in [5, 5.41) is 10.9. The second-order valence-corrected chi connectivity index (χ2v) is 6.51. The van der Waals surface area contributed by atoms with Crippen molar-refractivity contribution in [2.75, 3.05) is 0 Å². The number of rotatable bonds is 6. The Bertz CT molecular complexity index is 214. The van der Waals surface area contributed by atoms with Gasteiger partial charge in [-0.1, -0.05) is 59.8 Å². The third-order valence-corrected chi connectivity index (χ3v) is 4.90. The van der Waals surface area contributed by atoms with Crippen LogP contribution in [-0.4, -0.2) is 10.7 Å². The van der Waals surface area contributed by atoms with Crippen LogP contribution in [0.15, 0.2) is 0 Å². The van der Waals surface area contributed by atoms with E-state index in [4.69, 9.17) is 0 Å². The van der Waals surface area contributed by atoms with Gasteiger partial charge in [-0.15, -0.1) is 0 Å². The van der Waals surface area contributed by atoms with Crippen LogP contribution in [0.2, 0.25) is 0 Å². The molecule has 0 saturated heterocycles. The standard InChI is InChI=1S/C16H32O/c1-5-7-8-15(6-2)12-16(17)11-13(3)9-10-14(16)4/h13-15,17H,5-12H2,1-4H3. The first kappa shape index (κ1) is 15.0. The summed E-state index contributed by atoms with van der Waals surface area (Å²) < 4.78 is 0. The van der Waals surface area contributed by atoms with Crippen LogP contribution < -0.4 is 0 Å². The summed E-state index contributed by atoms with van der Waals surface area (Å²) in [4.78, 5) is 0. The first-order valence-corrected chi connectivity index (χ1v) is 7.74. The van der Waals surface area contributed by atoms with E-state index in [1.807, 2.05) is 0 Å². The topological polar surface area (TPSA) is 20.2 Å². The Morgan fingerprint density at radius 1 is 1.24 bits per heavy atom. The second kappa shape index (κ2) is 6.78. The molecule has 102 valence electrons. The molecule has 0 aliphatic heterocycles. The van der Waals surface area contributed by atoms with Gasteiger partial charge in [-0.3, -0.25) is 0 Å². The quantitative estimate of drug-likeness (QED) is 0.708. The molecule has 1 aliphatic carbocycles. The summed E-state index contributed by atoms with van der Waals surface area (Å²) in [6, 6.07) is 0. The predicted molar refractivity (Wildman–Crippen MR) is 75.1 cm³/mol. The van der Waals surface area contributed by atoms with Gasteiger partial charge in [0.25, 0.3) is 0 Å². The normalized spacial score (nSPS) is 35.8. The van der Waals surface area contributed by atoms with E-state index in [1.54, 1.807) is 0 Å². The third kappa shape index (κ3) is 4.28. The summed E-state index contributed by atoms with van der Waals surface area (Å²) in [6.07, 6.45) is 9.70. The lowest BCUT2D eigenvalue weighted by Crippen LogP contribution is -2.43. The van der Waals surface area contributed by atoms with E-state index in [0.29, 0.717) is 11.8 Å². The Morgan fingerprint density at radius 2 is 1.94 bits per heavy atom. The van der Waals surface area contributed by atoms with Crippen LogP contribution in [0.25, 0.3) is 0 Å². The molecule has 1 aliphatic rings. The summed E-state index contributed by atoms with van der Waals surface area (Å²) >= 11 is 0. The number of aliphatic hydroxyl groups is 1. The van der Waals surface area contributed by atoms with Crippen molar-refractivity contribution in [1.29, 1.82) is 0 Å². The summed E-state index contributed by atoms with van der Waals surface area (Å²) in [5.74, 6) is 1.93. The Labute approximate surface area is 108 Å². The lowest BCUT2D eigenvalue weighted by Gasteiger charge is -2.43. The monoisotopic (exact) mass is 240 g/mol. The lowest BCUT2D eigenvalue weighted by molar-refractivity contribution is -0.0748. The van der Waals surface area contributed by atoms with Gasteiger partial charge in [0, 0.05) is 0 Å². The minimum absolute atomic E-state index is 0.369. The minimum Gasteiger partial charge on any atom is -0.390 e. The highest BCUT2D eigenvalue weighted by molar-refractivity contribution is 4.91. The van der Waals surface area contributed by atoms with Crippen LogP contribution in [0.4, 0.5) is 0 Å². The van der Waals surface area contributed by atoms with Crippen molar-refractivity contribution >= 4 is 0 Å². The van der Waals surface area contributed by atoms with E-state index in [2.05, 4.69) is 27.7 Å². The van der Waals surface area contributed by atoms with E-state index < -0.39 is 0 Å². The van der Waals surface area contributed by atoms with Crippen LogP contribution >= 0.6 is 0 Å². The van der Waals surface area contributed by atoms with Crippen LogP contribution in [0.3, 0.4) is 0 Å². The fourth-order valence-corrected chi connectivity index (χ4v) is 3.44. The molecule has 1 nitrogen and oxygen atoms in total. The van der Waals surface area contributed by atoms with Crippen molar-refractivity contribution in [3.8, 4) is 0 Å². The van der Waals surface area contributed by atoms with Crippen molar-refractivity contribution in [3.63, 3.8) is 0 Å². The van der Waals surface area contributed by atoms with Gasteiger partial charge in [0.1, 0.15) is 0 Å². The Morgan fingerprint density at radius 3 is 2.53 bits per heavy atom. The maximum Gasteiger partial charge on any atom is 0.0678 e. The van der Waals surface area contributed by atoms with E-state index in [0.717, 1.165) is 18.8 Å². The molecule has 0 aromatic rings. The molecule has 1 fully saturated rings. The van der Waals surface area contributed by atoms with Gasteiger partial charge >= 0.3 is 0 Å². The van der Waals surface area contributed by atoms with Crippen molar-refractivity contribution in [1.82, 2.24) is 0 Å². The molecule has 0 amide bonds. The van der Waals surface area contributed by atoms with Crippen LogP contribution in [0.1, 0.15) is 79.1 Å². The molecule has 1 N–H and O–H groups in total. The number of hydrogen-bond acceptors (Lipinski definition) is 1. The van der Waals surface area contributed by atoms with Crippen LogP contribution in [0.5, 0.6) is 0 Å². The smallest absolute Gasteiger partial charge is 0.0678 e. The molecule has 0 aromatic heterocycles. The minimum atomic E-state index is -0.369. The predicted octanol–water partition coefficient (Wildman–Crippen LogP) is 4.78. The van der Waals surface area contributed by atoms with Crippen LogP contribution in [-0.2, 0) is 0 Å². The third-order valence-electron chi connectivity index (χ3n) is 4.90. The molecule has 1 rings (SSSR count). The van der Waals surface area contributed by atoms with E-state index in [9.17, 15) is 5.11 Å². The maximum absolute atomic E-state index is 10.9. The van der Waals surface area contributed by atoms with Crippen molar-refractivity contribution < 1.29 is 5.11 Å². The molecular weight excluding hydrogens is 208 g/mol. The van der Waals surface area contributed by atoms with Gasteiger partial charge in [0.2, 0.25) is 0 Å². The molecule has 1 saturated carbocycles. The van der Waals surface area contributed by atoms with E-state index in [-0.39, 0.29) is 5.60 Å². The van der Waals surface area contributed by atoms with Gasteiger partial charge in [0.15, 0.2) is 0 Å². The first-order valence-electron chi connectivity index (χ1n) is 7.74. The zero-order valence-electron chi connectivity index (χ0n) is 12.3. The Balaban J connectivity index is 2.55. The molecule has 4 atom stereocenters. The van der Waals surface area contributed by atoms with E-state index in [1.165, 1.54) is 38.5 Å². The highest BCUT2D eigenvalue weighted by atomic mass is 16.3. The van der Waals surface area contributed by atoms with Gasteiger partial charge in [-0.2, -0.15) is 0 Å². The van der Waals surface area contributed by atoms with Gasteiger partial charge in [0.05, 0.1) is 5.60 Å². The average Bonchev–Trinajstić information content (AvgIpc) is 2.30. The molecule has 17 heavy (non-hydrogen) atoms. The fourth-order valence-electron chi connectivity index (χ4n) is 3.44. The van der Waals surface area contributed by atoms with Gasteiger partial charge < -0.3 is 5.11 Å². The highest BCUT2D eigenvalue weighted by Crippen LogP contribution is 2.41. The van der Waals surface area contributed by atoms with Crippen LogP contribution in [0, 0.1) is 17.8 Å². The molecule has 1 heteroatoms. The SMILES string of the molecule is CCCCC(CC)CC1(O)CC(C)CCC1C. The molecule has 0 spiro atoms.